The van der Waals surface area contributed by atoms with Crippen LogP contribution in [-0.4, -0.2) is 18.3 Å². The molecular formula is C124H164N4. The number of hydrogen-bond acceptors (Lipinski definition) is 0. The first-order valence-corrected chi connectivity index (χ1v) is 50.1. The van der Waals surface area contributed by atoms with Gasteiger partial charge >= 0.3 is 0 Å². The van der Waals surface area contributed by atoms with Gasteiger partial charge in [0.2, 0.25) is 0 Å². The lowest BCUT2D eigenvalue weighted by Gasteiger charge is -2.12. The maximum Gasteiger partial charge on any atom is 0.0497 e. The molecule has 16 aromatic carbocycles. The summed E-state index contributed by atoms with van der Waals surface area (Å²) < 4.78 is 9.65. The highest BCUT2D eigenvalue weighted by atomic mass is 15.0. The second kappa shape index (κ2) is 60.1. The van der Waals surface area contributed by atoms with Crippen LogP contribution in [-0.2, 0) is 39.0 Å². The minimum Gasteiger partial charge on any atom is -0.341 e. The number of nitrogens with zero attached hydrogens (tertiary/aromatic N) is 4. The summed E-state index contributed by atoms with van der Waals surface area (Å²) in [6.45, 7) is 73.2. The van der Waals surface area contributed by atoms with E-state index >= 15 is 0 Å². The third-order valence-electron chi connectivity index (χ3n) is 21.5. The maximum absolute atomic E-state index is 2.43. The van der Waals surface area contributed by atoms with Crippen molar-refractivity contribution in [3.8, 4) is 22.3 Å². The quantitative estimate of drug-likeness (QED) is 0.135. The summed E-state index contributed by atoms with van der Waals surface area (Å²) in [6, 6.07) is 111. The van der Waals surface area contributed by atoms with Gasteiger partial charge in [-0.1, -0.05) is 444 Å². The molecule has 0 spiro atoms. The number of benzene rings is 16. The summed E-state index contributed by atoms with van der Waals surface area (Å²) in [5.41, 5.74) is 18.4. The molecule has 4 nitrogen and oxygen atoms in total. The molecule has 0 fully saturated rings. The second-order valence-electron chi connectivity index (χ2n) is 26.6. The Kier molecular flexibility index (Phi) is 51.9. The highest BCUT2D eigenvalue weighted by Crippen LogP contribution is 2.42. The number of aryl methyl sites for hydroxylation is 6. The zero-order chi connectivity index (χ0) is 95.5. The predicted octanol–water partition coefficient (Wildman–Crippen LogP) is 41.0. The standard InChI is InChI=1S/2C28H24N2.2C20H16.14C2H6/c1-3-29-26-12-8-6-10-22(26)24-17-19(14-16-27(24)29)20-13-15-23-21-9-5-7-11-25(21)30(4-2)28(23)18-20;1-3-29-25-11-7-5-9-21(25)23-17-19(13-15-27(23)29)20-14-16-28-24(18-20)22-10-6-8-12-26(22)30(28)4-2;1-2-14-8-7-13-19-17-10-4-3-9-15(17)16-11-5-6-12-18(16)20(14)19;1-2-14-11-12-19-17-9-4-3-7-15(17)16-8-5-6-10-18(16)20(19)13-14;14*1-2/h2*5-18H,3-4H2,1-2H3;2*3-13H,2H2,1H3;14*1-2H3. The van der Waals surface area contributed by atoms with Crippen LogP contribution in [0.1, 0.15) is 247 Å². The number of hydrogen-bond donors (Lipinski definition) is 0. The van der Waals surface area contributed by atoms with E-state index in [1.54, 1.807) is 0 Å². The van der Waals surface area contributed by atoms with Crippen molar-refractivity contribution in [1.82, 2.24) is 18.3 Å². The van der Waals surface area contributed by atoms with Gasteiger partial charge in [0.05, 0.1) is 0 Å². The van der Waals surface area contributed by atoms with E-state index < -0.39 is 0 Å². The zero-order valence-corrected chi connectivity index (χ0v) is 85.9. The normalized spacial score (nSPS) is 9.83. The molecule has 0 unspecified atom stereocenters. The van der Waals surface area contributed by atoms with Crippen molar-refractivity contribution in [1.29, 1.82) is 0 Å². The van der Waals surface area contributed by atoms with Crippen LogP contribution in [0.25, 0.3) is 174 Å². The predicted molar refractivity (Wildman–Crippen MR) is 594 cm³/mol. The first-order valence-electron chi connectivity index (χ1n) is 50.1. The fourth-order valence-electron chi connectivity index (χ4n) is 16.8. The minimum atomic E-state index is 0.969. The molecule has 20 aromatic rings. The van der Waals surface area contributed by atoms with E-state index in [4.69, 9.17) is 0 Å². The van der Waals surface area contributed by atoms with E-state index in [9.17, 15) is 0 Å². The molecule has 20 rings (SSSR count). The van der Waals surface area contributed by atoms with Crippen LogP contribution in [0.15, 0.2) is 303 Å². The SMILES string of the molecule is CC.CC.CC.CC.CC.CC.CC.CC.CC.CC.CC.CC.CC.CC.CCc1ccc2c3ccccc3c3ccccc3c2c1.CCc1cccc2c3ccccc3c3ccccc3c12.CCn1c2ccccc2c2cc(-c3ccc4c(c3)c3ccccc3n4CC)ccc21.CCn1c2ccccc2c2cc(-c3ccc4c5ccccc5n(CC)c4c3)ccc21. The maximum atomic E-state index is 2.43. The first kappa shape index (κ1) is 110. The molecule has 0 amide bonds. The van der Waals surface area contributed by atoms with E-state index in [-0.39, 0.29) is 0 Å². The van der Waals surface area contributed by atoms with Crippen molar-refractivity contribution in [3.05, 3.63) is 314 Å². The number of fused-ring (bicyclic) bond motifs is 24. The Morgan fingerprint density at radius 3 is 0.656 bits per heavy atom. The van der Waals surface area contributed by atoms with Crippen molar-refractivity contribution in [2.45, 2.75) is 274 Å². The van der Waals surface area contributed by atoms with Gasteiger partial charge in [0.25, 0.3) is 0 Å². The molecule has 4 heteroatoms. The van der Waals surface area contributed by atoms with Crippen molar-refractivity contribution in [2.75, 3.05) is 0 Å². The minimum absolute atomic E-state index is 0.969. The molecule has 0 aliphatic carbocycles. The Bertz CT molecular complexity index is 6300. The number of para-hydroxylation sites is 4. The van der Waals surface area contributed by atoms with Crippen LogP contribution >= 0.6 is 0 Å². The van der Waals surface area contributed by atoms with Gasteiger partial charge in [-0.25, -0.2) is 0 Å². The Morgan fingerprint density at radius 1 is 0.148 bits per heavy atom. The lowest BCUT2D eigenvalue weighted by Crippen LogP contribution is -1.93. The summed E-state index contributed by atoms with van der Waals surface area (Å²) in [4.78, 5) is 0. The lowest BCUT2D eigenvalue weighted by molar-refractivity contribution is 0.827. The second-order valence-corrected chi connectivity index (χ2v) is 26.6. The van der Waals surface area contributed by atoms with Gasteiger partial charge in [-0.3, -0.25) is 0 Å². The number of aromatic nitrogens is 4. The summed E-state index contributed by atoms with van der Waals surface area (Å²) in [5.74, 6) is 0. The smallest absolute Gasteiger partial charge is 0.0497 e. The van der Waals surface area contributed by atoms with Crippen LogP contribution in [0, 0.1) is 0 Å². The van der Waals surface area contributed by atoms with Crippen LogP contribution in [0.4, 0.5) is 0 Å². The van der Waals surface area contributed by atoms with Crippen LogP contribution in [0.5, 0.6) is 0 Å². The Balaban J connectivity index is 0.000000407. The van der Waals surface area contributed by atoms with Gasteiger partial charge < -0.3 is 18.3 Å². The molecule has 0 saturated heterocycles. The Morgan fingerprint density at radius 2 is 0.359 bits per heavy atom. The van der Waals surface area contributed by atoms with Crippen molar-refractivity contribution >= 4 is 152 Å². The fraction of sp³-hybridized carbons (Fsp3) is 0.323. The van der Waals surface area contributed by atoms with Crippen molar-refractivity contribution < 1.29 is 0 Å². The topological polar surface area (TPSA) is 19.7 Å². The van der Waals surface area contributed by atoms with Crippen LogP contribution in [0.3, 0.4) is 0 Å². The molecule has 680 valence electrons. The van der Waals surface area contributed by atoms with Gasteiger partial charge in [-0.05, 0) is 205 Å². The average molecular weight is 1710 g/mol. The molecule has 4 heterocycles. The molecule has 128 heavy (non-hydrogen) atoms. The molecule has 0 aliphatic heterocycles. The van der Waals surface area contributed by atoms with Crippen LogP contribution < -0.4 is 0 Å². The van der Waals surface area contributed by atoms with E-state index in [1.807, 2.05) is 194 Å². The largest absolute Gasteiger partial charge is 0.341 e. The highest BCUT2D eigenvalue weighted by Gasteiger charge is 2.18. The molecular weight excluding hydrogens is 1550 g/mol. The van der Waals surface area contributed by atoms with Gasteiger partial charge in [0.1, 0.15) is 0 Å². The van der Waals surface area contributed by atoms with E-state index in [2.05, 4.69) is 363 Å². The zero-order valence-electron chi connectivity index (χ0n) is 85.9. The average Bonchev–Trinajstić information content (AvgIpc) is 0.836. The van der Waals surface area contributed by atoms with E-state index in [0.717, 1.165) is 39.0 Å². The monoisotopic (exact) mass is 1710 g/mol. The third kappa shape index (κ3) is 24.0. The molecule has 0 radical (unpaired) electrons. The van der Waals surface area contributed by atoms with Crippen molar-refractivity contribution in [3.63, 3.8) is 0 Å². The molecule has 0 saturated carbocycles. The van der Waals surface area contributed by atoms with Gasteiger partial charge in [-0.15, -0.1) is 0 Å². The van der Waals surface area contributed by atoms with Crippen molar-refractivity contribution in [2.24, 2.45) is 0 Å². The summed E-state index contributed by atoms with van der Waals surface area (Å²) in [5, 5.41) is 27.0. The molecule has 4 aromatic heterocycles. The lowest BCUT2D eigenvalue weighted by atomic mass is 9.91. The molecule has 0 atom stereocenters. The Hall–Kier alpha value is -11.7. The summed E-state index contributed by atoms with van der Waals surface area (Å²) in [6.07, 6.45) is 2.15. The fourth-order valence-corrected chi connectivity index (χ4v) is 16.8. The first-order chi connectivity index (χ1) is 63.4. The summed E-state index contributed by atoms with van der Waals surface area (Å²) in [7, 11) is 0. The van der Waals surface area contributed by atoms with Gasteiger partial charge in [0.15, 0.2) is 0 Å². The van der Waals surface area contributed by atoms with E-state index in [1.165, 1.54) is 185 Å². The third-order valence-corrected chi connectivity index (χ3v) is 21.5. The summed E-state index contributed by atoms with van der Waals surface area (Å²) >= 11 is 0. The van der Waals surface area contributed by atoms with Gasteiger partial charge in [-0.2, -0.15) is 0 Å². The van der Waals surface area contributed by atoms with E-state index in [0.29, 0.717) is 0 Å². The molecule has 0 bridgehead atoms. The molecule has 0 aliphatic rings. The van der Waals surface area contributed by atoms with Gasteiger partial charge in [0, 0.05) is 113 Å². The van der Waals surface area contributed by atoms with Crippen LogP contribution in [0.2, 0.25) is 0 Å². The molecule has 0 N–H and O–H groups in total. The number of rotatable bonds is 8. The Labute approximate surface area is 776 Å². The highest BCUT2D eigenvalue weighted by molar-refractivity contribution is 6.27.